The summed E-state index contributed by atoms with van der Waals surface area (Å²) in [6.45, 7) is 4.84. The molecule has 1 amide bonds. The quantitative estimate of drug-likeness (QED) is 0.678. The monoisotopic (exact) mass is 405 g/mol. The highest BCUT2D eigenvalue weighted by atomic mass is 32.2. The average molecular weight is 405 g/mol. The Morgan fingerprint density at radius 3 is 2.46 bits per heavy atom. The molecule has 7 nitrogen and oxygen atoms in total. The van der Waals surface area contributed by atoms with Gasteiger partial charge in [-0.2, -0.15) is 0 Å². The van der Waals surface area contributed by atoms with Crippen molar-refractivity contribution in [2.75, 3.05) is 18.5 Å². The average Bonchev–Trinajstić information content (AvgIpc) is 2.67. The van der Waals surface area contributed by atoms with E-state index in [-0.39, 0.29) is 23.7 Å². The third-order valence-corrected chi connectivity index (χ3v) is 6.02. The number of benzene rings is 2. The second-order valence-corrected chi connectivity index (χ2v) is 8.64. The van der Waals surface area contributed by atoms with Crippen LogP contribution in [0.4, 0.5) is 5.69 Å². The van der Waals surface area contributed by atoms with Crippen molar-refractivity contribution in [1.29, 1.82) is 0 Å². The highest BCUT2D eigenvalue weighted by molar-refractivity contribution is 7.92. The molecule has 0 atom stereocenters. The molecule has 0 spiro atoms. The van der Waals surface area contributed by atoms with Gasteiger partial charge in [-0.05, 0) is 45.0 Å². The summed E-state index contributed by atoms with van der Waals surface area (Å²) in [5.41, 5.74) is 0.470. The second-order valence-electron chi connectivity index (χ2n) is 6.17. The molecule has 28 heavy (non-hydrogen) atoms. The van der Waals surface area contributed by atoms with Crippen LogP contribution in [0, 0.1) is 0 Å². The Hall–Kier alpha value is -2.87. The molecule has 0 aliphatic heterocycles. The zero-order valence-electron chi connectivity index (χ0n) is 16.0. The Balaban J connectivity index is 2.18. The summed E-state index contributed by atoms with van der Waals surface area (Å²) in [4.78, 5) is 24.0. The Morgan fingerprint density at radius 2 is 1.79 bits per heavy atom. The van der Waals surface area contributed by atoms with Crippen LogP contribution in [0.5, 0.6) is 5.75 Å². The highest BCUT2D eigenvalue weighted by Crippen LogP contribution is 2.23. The molecule has 0 saturated heterocycles. The van der Waals surface area contributed by atoms with Crippen LogP contribution < -0.4 is 10.1 Å². The first-order chi connectivity index (χ1) is 13.3. The predicted octanol–water partition coefficient (Wildman–Crippen LogP) is 3.06. The van der Waals surface area contributed by atoms with Crippen molar-refractivity contribution >= 4 is 27.4 Å². The van der Waals surface area contributed by atoms with E-state index in [1.54, 1.807) is 51.1 Å². The van der Waals surface area contributed by atoms with Gasteiger partial charge in [0.2, 0.25) is 0 Å². The van der Waals surface area contributed by atoms with E-state index in [1.165, 1.54) is 18.2 Å². The van der Waals surface area contributed by atoms with Crippen LogP contribution in [0.2, 0.25) is 0 Å². The lowest BCUT2D eigenvalue weighted by molar-refractivity contribution is -0.145. The molecule has 1 N–H and O–H groups in total. The van der Waals surface area contributed by atoms with E-state index in [0.29, 0.717) is 11.4 Å². The van der Waals surface area contributed by atoms with Crippen LogP contribution >= 0.6 is 0 Å². The largest absolute Gasteiger partial charge is 0.482 e. The predicted molar refractivity (Wildman–Crippen MR) is 105 cm³/mol. The van der Waals surface area contributed by atoms with E-state index in [9.17, 15) is 18.0 Å². The molecule has 2 aromatic rings. The van der Waals surface area contributed by atoms with Crippen LogP contribution in [0.25, 0.3) is 0 Å². The number of sulfone groups is 1. The fourth-order valence-electron chi connectivity index (χ4n) is 2.36. The Morgan fingerprint density at radius 1 is 1.07 bits per heavy atom. The van der Waals surface area contributed by atoms with Gasteiger partial charge in [-0.1, -0.05) is 18.2 Å². The third-order valence-electron chi connectivity index (χ3n) is 3.81. The van der Waals surface area contributed by atoms with Gasteiger partial charge in [0.05, 0.1) is 22.3 Å². The molecule has 0 aromatic heterocycles. The molecule has 0 fully saturated rings. The van der Waals surface area contributed by atoms with Crippen molar-refractivity contribution in [2.24, 2.45) is 0 Å². The summed E-state index contributed by atoms with van der Waals surface area (Å²) in [7, 11) is -3.61. The van der Waals surface area contributed by atoms with Crippen LogP contribution in [0.15, 0.2) is 53.4 Å². The molecule has 0 saturated carbocycles. The first-order valence-corrected chi connectivity index (χ1v) is 10.3. The summed E-state index contributed by atoms with van der Waals surface area (Å²) in [5.74, 6) is -0.680. The smallest absolute Gasteiger partial charge is 0.344 e. The zero-order chi connectivity index (χ0) is 20.7. The third kappa shape index (κ3) is 5.32. The van der Waals surface area contributed by atoms with E-state index in [4.69, 9.17) is 9.47 Å². The summed E-state index contributed by atoms with van der Waals surface area (Å²) in [6.07, 6.45) is 0. The minimum absolute atomic E-state index is 0.0165. The van der Waals surface area contributed by atoms with Crippen molar-refractivity contribution in [3.63, 3.8) is 0 Å². The Kier molecular flexibility index (Phi) is 7.17. The topological polar surface area (TPSA) is 98.8 Å². The van der Waals surface area contributed by atoms with Gasteiger partial charge in [-0.15, -0.1) is 0 Å². The summed E-state index contributed by atoms with van der Waals surface area (Å²) in [5, 5.41) is 2.01. The molecule has 0 bridgehead atoms. The Bertz CT molecular complexity index is 953. The molecule has 8 heteroatoms. The molecule has 0 aliphatic rings. The van der Waals surface area contributed by atoms with Crippen LogP contribution in [0.1, 0.15) is 31.1 Å². The number of hydrogen-bond donors (Lipinski definition) is 1. The number of anilines is 1. The van der Waals surface area contributed by atoms with Crippen molar-refractivity contribution < 1.29 is 27.5 Å². The zero-order valence-corrected chi connectivity index (χ0v) is 16.8. The number of carbonyl (C=O) groups is 2. The molecule has 0 aliphatic carbocycles. The first kappa shape index (κ1) is 21.4. The van der Waals surface area contributed by atoms with Gasteiger partial charge < -0.3 is 14.8 Å². The maximum atomic E-state index is 12.7. The second kappa shape index (κ2) is 9.36. The van der Waals surface area contributed by atoms with Gasteiger partial charge in [0.15, 0.2) is 16.4 Å². The molecular formula is C20H23NO6S. The lowest BCUT2D eigenvalue weighted by atomic mass is 10.2. The van der Waals surface area contributed by atoms with Gasteiger partial charge in [0.25, 0.3) is 5.91 Å². The minimum Gasteiger partial charge on any atom is -0.482 e. The van der Waals surface area contributed by atoms with Crippen molar-refractivity contribution in [1.82, 2.24) is 0 Å². The number of esters is 1. The van der Waals surface area contributed by atoms with E-state index >= 15 is 0 Å². The highest BCUT2D eigenvalue weighted by Gasteiger charge is 2.25. The molecule has 0 heterocycles. The van der Waals surface area contributed by atoms with E-state index in [2.05, 4.69) is 5.32 Å². The summed E-state index contributed by atoms with van der Waals surface area (Å²) in [6, 6.07) is 12.5. The van der Waals surface area contributed by atoms with Crippen molar-refractivity contribution in [3.8, 4) is 5.75 Å². The number of carbonyl (C=O) groups excluding carboxylic acids is 2. The first-order valence-electron chi connectivity index (χ1n) is 8.78. The van der Waals surface area contributed by atoms with Gasteiger partial charge in [0, 0.05) is 11.8 Å². The lowest BCUT2D eigenvalue weighted by Crippen LogP contribution is -2.20. The molecule has 2 rings (SSSR count). The molecule has 0 radical (unpaired) electrons. The van der Waals surface area contributed by atoms with Crippen LogP contribution in [-0.4, -0.2) is 38.8 Å². The van der Waals surface area contributed by atoms with Crippen molar-refractivity contribution in [3.05, 3.63) is 54.1 Å². The number of amides is 1. The lowest BCUT2D eigenvalue weighted by Gasteiger charge is -2.13. The summed E-state index contributed by atoms with van der Waals surface area (Å²) >= 11 is 0. The number of ether oxygens (including phenoxy) is 2. The van der Waals surface area contributed by atoms with Gasteiger partial charge in [-0.3, -0.25) is 4.79 Å². The van der Waals surface area contributed by atoms with Gasteiger partial charge >= 0.3 is 5.97 Å². The fraction of sp³-hybridized carbons (Fsp3) is 0.300. The Labute approximate surface area is 164 Å². The van der Waals surface area contributed by atoms with E-state index in [1.807, 2.05) is 0 Å². The van der Waals surface area contributed by atoms with Crippen LogP contribution in [-0.2, 0) is 19.4 Å². The SMILES string of the molecule is CCOC(=O)COc1cccc(NC(=O)c2ccccc2S(=O)(=O)C(C)C)c1. The molecule has 150 valence electrons. The van der Waals surface area contributed by atoms with Gasteiger partial charge in [-0.25, -0.2) is 13.2 Å². The number of rotatable bonds is 8. The normalized spacial score (nSPS) is 11.1. The molecular weight excluding hydrogens is 382 g/mol. The minimum atomic E-state index is -3.61. The van der Waals surface area contributed by atoms with E-state index in [0.717, 1.165) is 0 Å². The van der Waals surface area contributed by atoms with Crippen LogP contribution in [0.3, 0.4) is 0 Å². The molecule has 2 aromatic carbocycles. The fourth-order valence-corrected chi connectivity index (χ4v) is 3.61. The number of nitrogens with one attached hydrogen (secondary N) is 1. The summed E-state index contributed by atoms with van der Waals surface area (Å²) < 4.78 is 35.2. The van der Waals surface area contributed by atoms with Gasteiger partial charge in [0.1, 0.15) is 5.75 Å². The van der Waals surface area contributed by atoms with Crippen molar-refractivity contribution in [2.45, 2.75) is 30.9 Å². The standard InChI is InChI=1S/C20H23NO6S/c1-4-26-19(22)13-27-16-9-7-8-15(12-16)21-20(23)17-10-5-6-11-18(17)28(24,25)14(2)3/h5-12,14H,4,13H2,1-3H3,(H,21,23). The maximum Gasteiger partial charge on any atom is 0.344 e. The molecule has 0 unspecified atom stereocenters. The number of hydrogen-bond acceptors (Lipinski definition) is 6. The maximum absolute atomic E-state index is 12.7. The van der Waals surface area contributed by atoms with E-state index < -0.39 is 27.0 Å².